The Kier molecular flexibility index (Phi) is 11.9. The maximum atomic E-state index is 13.4. The number of amides is 4. The lowest BCUT2D eigenvalue weighted by atomic mass is 9.49. The van der Waals surface area contributed by atoms with E-state index in [0.29, 0.717) is 27.8 Å². The second kappa shape index (κ2) is 16.9. The van der Waals surface area contributed by atoms with Crippen molar-refractivity contribution < 1.29 is 23.9 Å². The second-order valence-corrected chi connectivity index (χ2v) is 17.5. The molecule has 1 atom stereocenters. The van der Waals surface area contributed by atoms with Gasteiger partial charge >= 0.3 is 0 Å². The molecule has 3 saturated heterocycles. The molecule has 2 aromatic heterocycles. The number of hydrogen-bond donors (Lipinski definition) is 3. The van der Waals surface area contributed by atoms with Crippen molar-refractivity contribution in [2.24, 2.45) is 16.7 Å². The third-order valence-corrected chi connectivity index (χ3v) is 12.8. The molecule has 4 aliphatic rings. The monoisotopic (exact) mass is 809 g/mol. The van der Waals surface area contributed by atoms with Crippen LogP contribution in [0.5, 0.6) is 5.75 Å². The topological polar surface area (TPSA) is 173 Å². The first kappa shape index (κ1) is 40.9. The largest absolute Gasteiger partial charge is 0.489 e. The molecule has 0 bridgehead atoms. The van der Waals surface area contributed by atoms with Gasteiger partial charge in [0.25, 0.3) is 11.8 Å². The van der Waals surface area contributed by atoms with E-state index in [-0.39, 0.29) is 53.3 Å². The molecule has 3 aliphatic heterocycles. The van der Waals surface area contributed by atoms with E-state index in [9.17, 15) is 24.4 Å². The number of carbonyl (C=O) groups excluding carboxylic acids is 4. The zero-order valence-corrected chi connectivity index (χ0v) is 34.3. The minimum atomic E-state index is -0.732. The zero-order chi connectivity index (χ0) is 41.2. The van der Waals surface area contributed by atoms with Gasteiger partial charge in [0.1, 0.15) is 35.5 Å². The molecule has 1 aliphatic carbocycles. The smallest absolute Gasteiger partial charge is 0.270 e. The van der Waals surface area contributed by atoms with E-state index in [2.05, 4.69) is 69.4 Å². The number of nitriles is 1. The summed E-state index contributed by atoms with van der Waals surface area (Å²) in [6, 6.07) is 13.7. The Balaban J connectivity index is 0.813. The molecule has 3 N–H and O–H groups in total. The lowest BCUT2D eigenvalue weighted by Crippen LogP contribution is -2.74. The molecule has 1 aromatic carbocycles. The fourth-order valence-corrected chi connectivity index (χ4v) is 9.55. The standard InChI is InChI=1S/C43H52ClN9O5/c1-42(2)40(43(3,4)41(42)58-31-8-5-28(24-45)32(44)23-31)50-37(55)29-6-11-35(47-25-29)53-17-14-27(15-18-53)13-16-51-19-21-52(22-20-51)30-7-9-33(46-26-30)38(56)48-34-10-12-36(54)49-39(34)57/h5-9,11,23,25-27,34,40-41H,10,12-22H2,1-4H3,(H,48,56)(H,50,55)(H,49,54,57)/t34?,40-,41-. The molecule has 306 valence electrons. The van der Waals surface area contributed by atoms with Gasteiger partial charge in [0.2, 0.25) is 11.8 Å². The van der Waals surface area contributed by atoms with Crippen molar-refractivity contribution in [3.8, 4) is 11.8 Å². The van der Waals surface area contributed by atoms with E-state index in [0.717, 1.165) is 76.6 Å². The number of rotatable bonds is 11. The molecule has 4 fully saturated rings. The number of ether oxygens (including phenoxy) is 1. The molecule has 7 rings (SSSR count). The number of anilines is 2. The predicted molar refractivity (Wildman–Crippen MR) is 220 cm³/mol. The van der Waals surface area contributed by atoms with Gasteiger partial charge in [-0.3, -0.25) is 29.4 Å². The number of nitrogens with zero attached hydrogens (tertiary/aromatic N) is 6. The number of piperazine rings is 1. The van der Waals surface area contributed by atoms with Crippen LogP contribution in [0.4, 0.5) is 11.5 Å². The van der Waals surface area contributed by atoms with Gasteiger partial charge in [-0.2, -0.15) is 5.26 Å². The lowest BCUT2D eigenvalue weighted by Gasteiger charge is -2.63. The first-order valence-corrected chi connectivity index (χ1v) is 20.6. The van der Waals surface area contributed by atoms with Crippen LogP contribution in [0.2, 0.25) is 5.02 Å². The van der Waals surface area contributed by atoms with Crippen molar-refractivity contribution in [2.75, 3.05) is 55.6 Å². The van der Waals surface area contributed by atoms with Crippen LogP contribution in [0.3, 0.4) is 0 Å². The molecule has 4 amide bonds. The number of pyridine rings is 2. The van der Waals surface area contributed by atoms with Gasteiger partial charge in [-0.1, -0.05) is 39.3 Å². The summed E-state index contributed by atoms with van der Waals surface area (Å²) in [5, 5.41) is 17.7. The van der Waals surface area contributed by atoms with Crippen molar-refractivity contribution in [1.82, 2.24) is 30.8 Å². The van der Waals surface area contributed by atoms with Crippen LogP contribution in [-0.2, 0) is 9.59 Å². The summed E-state index contributed by atoms with van der Waals surface area (Å²) in [5.74, 6) is 0.741. The van der Waals surface area contributed by atoms with Crippen LogP contribution in [-0.4, -0.2) is 102 Å². The fourth-order valence-electron chi connectivity index (χ4n) is 9.33. The first-order valence-electron chi connectivity index (χ1n) is 20.2. The Morgan fingerprint density at radius 1 is 0.897 bits per heavy atom. The Morgan fingerprint density at radius 3 is 2.26 bits per heavy atom. The molecule has 1 saturated carbocycles. The van der Waals surface area contributed by atoms with Gasteiger partial charge in [0, 0.05) is 74.8 Å². The molecule has 3 aromatic rings. The van der Waals surface area contributed by atoms with Crippen LogP contribution in [0.25, 0.3) is 0 Å². The van der Waals surface area contributed by atoms with Gasteiger partial charge in [-0.15, -0.1) is 0 Å². The Bertz CT molecular complexity index is 2040. The van der Waals surface area contributed by atoms with Crippen LogP contribution >= 0.6 is 11.6 Å². The van der Waals surface area contributed by atoms with E-state index in [1.807, 2.05) is 18.2 Å². The third kappa shape index (κ3) is 8.76. The van der Waals surface area contributed by atoms with Crippen LogP contribution in [0.15, 0.2) is 54.9 Å². The second-order valence-electron chi connectivity index (χ2n) is 17.1. The minimum absolute atomic E-state index is 0.138. The number of benzene rings is 1. The molecule has 58 heavy (non-hydrogen) atoms. The molecular formula is C43H52ClN9O5. The highest BCUT2D eigenvalue weighted by molar-refractivity contribution is 6.31. The number of carbonyl (C=O) groups is 4. The number of piperidine rings is 2. The SMILES string of the molecule is CC1(C)[C@H](NC(=O)c2ccc(N3CCC(CCN4CCN(c5ccc(C(=O)NC6CCC(=O)NC6=O)nc5)CC4)CC3)nc2)C(C)(C)[C@H]1Oc1ccc(C#N)c(Cl)c1. The van der Waals surface area contributed by atoms with Crippen LogP contribution in [0.1, 0.15) is 86.2 Å². The summed E-state index contributed by atoms with van der Waals surface area (Å²) in [6.07, 6.45) is 7.03. The maximum Gasteiger partial charge on any atom is 0.270 e. The predicted octanol–water partition coefficient (Wildman–Crippen LogP) is 4.58. The van der Waals surface area contributed by atoms with E-state index >= 15 is 0 Å². The lowest BCUT2D eigenvalue weighted by molar-refractivity contribution is -0.164. The molecular weight excluding hydrogens is 758 g/mol. The highest BCUT2D eigenvalue weighted by Crippen LogP contribution is 2.55. The number of imide groups is 1. The fraction of sp³-hybridized carbons (Fsp3) is 0.512. The van der Waals surface area contributed by atoms with Crippen molar-refractivity contribution in [2.45, 2.75) is 78.0 Å². The molecule has 14 nitrogen and oxygen atoms in total. The third-order valence-electron chi connectivity index (χ3n) is 12.5. The highest BCUT2D eigenvalue weighted by atomic mass is 35.5. The molecule has 1 unspecified atom stereocenters. The molecule has 15 heteroatoms. The van der Waals surface area contributed by atoms with Gasteiger partial charge in [0.15, 0.2) is 0 Å². The molecule has 0 spiro atoms. The number of nitrogens with one attached hydrogen (secondary N) is 3. The summed E-state index contributed by atoms with van der Waals surface area (Å²) in [7, 11) is 0. The van der Waals surface area contributed by atoms with E-state index in [4.69, 9.17) is 21.3 Å². The summed E-state index contributed by atoms with van der Waals surface area (Å²) in [6.45, 7) is 14.9. The summed E-state index contributed by atoms with van der Waals surface area (Å²) in [5.41, 5.74) is 1.41. The van der Waals surface area contributed by atoms with E-state index < -0.39 is 17.9 Å². The van der Waals surface area contributed by atoms with Crippen molar-refractivity contribution in [1.29, 1.82) is 5.26 Å². The molecule has 0 radical (unpaired) electrons. The van der Waals surface area contributed by atoms with Crippen molar-refractivity contribution >= 4 is 46.7 Å². The van der Waals surface area contributed by atoms with Gasteiger partial charge in [-0.05, 0) is 74.5 Å². The minimum Gasteiger partial charge on any atom is -0.489 e. The Labute approximate surface area is 344 Å². The highest BCUT2D eigenvalue weighted by Gasteiger charge is 2.64. The number of halogens is 1. The normalized spacial score (nSPS) is 23.3. The van der Waals surface area contributed by atoms with Gasteiger partial charge < -0.3 is 25.2 Å². The van der Waals surface area contributed by atoms with Gasteiger partial charge in [-0.25, -0.2) is 9.97 Å². The average molecular weight is 810 g/mol. The average Bonchev–Trinajstić information content (AvgIpc) is 3.22. The van der Waals surface area contributed by atoms with Crippen LogP contribution < -0.4 is 30.5 Å². The quantitative estimate of drug-likeness (QED) is 0.232. The molecule has 5 heterocycles. The number of hydrogen-bond acceptors (Lipinski definition) is 11. The van der Waals surface area contributed by atoms with Crippen molar-refractivity contribution in [3.63, 3.8) is 0 Å². The summed E-state index contributed by atoms with van der Waals surface area (Å²) in [4.78, 5) is 65.6. The van der Waals surface area contributed by atoms with Crippen LogP contribution in [0, 0.1) is 28.1 Å². The van der Waals surface area contributed by atoms with E-state index in [1.54, 1.807) is 36.7 Å². The Morgan fingerprint density at radius 2 is 1.64 bits per heavy atom. The Hall–Kier alpha value is -5.26. The van der Waals surface area contributed by atoms with E-state index in [1.165, 1.54) is 0 Å². The van der Waals surface area contributed by atoms with Crippen molar-refractivity contribution in [3.05, 3.63) is 76.7 Å². The zero-order valence-electron chi connectivity index (χ0n) is 33.6. The first-order chi connectivity index (χ1) is 27.7. The summed E-state index contributed by atoms with van der Waals surface area (Å²) >= 11 is 6.25. The number of aromatic nitrogens is 2. The van der Waals surface area contributed by atoms with Gasteiger partial charge in [0.05, 0.1) is 28.0 Å². The summed E-state index contributed by atoms with van der Waals surface area (Å²) < 4.78 is 6.37. The maximum absolute atomic E-state index is 13.4.